The lowest BCUT2D eigenvalue weighted by Crippen LogP contribution is -2.46. The first-order valence-electron chi connectivity index (χ1n) is 7.15. The number of hydrogen-bond acceptors (Lipinski definition) is 3. The van der Waals surface area contributed by atoms with Gasteiger partial charge in [0.1, 0.15) is 0 Å². The summed E-state index contributed by atoms with van der Waals surface area (Å²) in [6.45, 7) is 8.99. The molecular formula is C15H25N3. The van der Waals surface area contributed by atoms with Gasteiger partial charge in [-0.3, -0.25) is 9.88 Å². The van der Waals surface area contributed by atoms with Crippen LogP contribution in [0.4, 0.5) is 0 Å². The van der Waals surface area contributed by atoms with Crippen LogP contribution in [0.2, 0.25) is 0 Å². The molecule has 1 fully saturated rings. The second-order valence-corrected chi connectivity index (χ2v) is 5.27. The molecule has 3 nitrogen and oxygen atoms in total. The van der Waals surface area contributed by atoms with Crippen molar-refractivity contribution in [2.24, 2.45) is 0 Å². The van der Waals surface area contributed by atoms with Crippen molar-refractivity contribution in [2.45, 2.75) is 45.7 Å². The third kappa shape index (κ3) is 3.53. The SMILES string of the molecule is CCCN(Cc1cnccc1C)C1CCCNC1. The van der Waals surface area contributed by atoms with Crippen LogP contribution < -0.4 is 5.32 Å². The van der Waals surface area contributed by atoms with Crippen LogP contribution in [0.5, 0.6) is 0 Å². The van der Waals surface area contributed by atoms with Gasteiger partial charge in [-0.1, -0.05) is 6.92 Å². The molecule has 0 bridgehead atoms. The summed E-state index contributed by atoms with van der Waals surface area (Å²) in [4.78, 5) is 6.88. The molecule has 2 heterocycles. The maximum absolute atomic E-state index is 4.26. The van der Waals surface area contributed by atoms with Crippen LogP contribution in [0.15, 0.2) is 18.5 Å². The Labute approximate surface area is 111 Å². The van der Waals surface area contributed by atoms with Crippen LogP contribution in [0.1, 0.15) is 37.3 Å². The molecule has 2 rings (SSSR count). The molecule has 0 aliphatic carbocycles. The highest BCUT2D eigenvalue weighted by Crippen LogP contribution is 2.16. The van der Waals surface area contributed by atoms with Crippen LogP contribution in [-0.4, -0.2) is 35.6 Å². The molecule has 0 amide bonds. The fourth-order valence-electron chi connectivity index (χ4n) is 2.70. The molecule has 1 atom stereocenters. The Bertz CT molecular complexity index is 359. The topological polar surface area (TPSA) is 28.2 Å². The van der Waals surface area contributed by atoms with Crippen LogP contribution in [-0.2, 0) is 6.54 Å². The number of rotatable bonds is 5. The van der Waals surface area contributed by atoms with E-state index in [9.17, 15) is 0 Å². The zero-order valence-electron chi connectivity index (χ0n) is 11.7. The van der Waals surface area contributed by atoms with Gasteiger partial charge in [-0.15, -0.1) is 0 Å². The van der Waals surface area contributed by atoms with Gasteiger partial charge < -0.3 is 5.32 Å². The van der Waals surface area contributed by atoms with E-state index in [2.05, 4.69) is 35.1 Å². The highest BCUT2D eigenvalue weighted by molar-refractivity contribution is 5.21. The number of aromatic nitrogens is 1. The summed E-state index contributed by atoms with van der Waals surface area (Å²) in [6.07, 6.45) is 7.75. The molecule has 1 unspecified atom stereocenters. The molecule has 1 aliphatic heterocycles. The van der Waals surface area contributed by atoms with E-state index in [4.69, 9.17) is 0 Å². The quantitative estimate of drug-likeness (QED) is 0.865. The van der Waals surface area contributed by atoms with Gasteiger partial charge in [0.05, 0.1) is 0 Å². The van der Waals surface area contributed by atoms with E-state index in [1.807, 2.05) is 12.4 Å². The van der Waals surface area contributed by atoms with Crippen LogP contribution in [0, 0.1) is 6.92 Å². The normalized spacial score (nSPS) is 20.3. The van der Waals surface area contributed by atoms with Crippen molar-refractivity contribution in [3.63, 3.8) is 0 Å². The molecule has 0 saturated carbocycles. The predicted molar refractivity (Wildman–Crippen MR) is 75.6 cm³/mol. The molecule has 0 spiro atoms. The Balaban J connectivity index is 2.03. The predicted octanol–water partition coefficient (Wildman–Crippen LogP) is 2.35. The van der Waals surface area contributed by atoms with Crippen molar-refractivity contribution in [3.05, 3.63) is 29.6 Å². The zero-order valence-corrected chi connectivity index (χ0v) is 11.7. The largest absolute Gasteiger partial charge is 0.315 e. The minimum atomic E-state index is 0.693. The van der Waals surface area contributed by atoms with E-state index in [1.54, 1.807) is 0 Å². The fraction of sp³-hybridized carbons (Fsp3) is 0.667. The molecule has 1 aliphatic rings. The van der Waals surface area contributed by atoms with Gasteiger partial charge in [0, 0.05) is 31.5 Å². The molecule has 100 valence electrons. The van der Waals surface area contributed by atoms with E-state index >= 15 is 0 Å². The van der Waals surface area contributed by atoms with Crippen molar-refractivity contribution in [3.8, 4) is 0 Å². The monoisotopic (exact) mass is 247 g/mol. The van der Waals surface area contributed by atoms with Gasteiger partial charge in [-0.05, 0) is 56.5 Å². The minimum absolute atomic E-state index is 0.693. The van der Waals surface area contributed by atoms with E-state index in [-0.39, 0.29) is 0 Å². The van der Waals surface area contributed by atoms with Crippen LogP contribution in [0.3, 0.4) is 0 Å². The lowest BCUT2D eigenvalue weighted by Gasteiger charge is -2.34. The van der Waals surface area contributed by atoms with Gasteiger partial charge in [-0.25, -0.2) is 0 Å². The van der Waals surface area contributed by atoms with E-state index in [1.165, 1.54) is 43.5 Å². The lowest BCUT2D eigenvalue weighted by atomic mass is 10.0. The highest BCUT2D eigenvalue weighted by atomic mass is 15.2. The molecule has 0 radical (unpaired) electrons. The summed E-state index contributed by atoms with van der Waals surface area (Å²) in [5.74, 6) is 0. The molecule has 18 heavy (non-hydrogen) atoms. The van der Waals surface area contributed by atoms with E-state index < -0.39 is 0 Å². The van der Waals surface area contributed by atoms with Crippen LogP contribution in [0.25, 0.3) is 0 Å². The molecule has 0 aromatic carbocycles. The third-order valence-corrected chi connectivity index (χ3v) is 3.82. The summed E-state index contributed by atoms with van der Waals surface area (Å²) in [6, 6.07) is 2.80. The Kier molecular flexibility index (Phi) is 5.14. The van der Waals surface area contributed by atoms with Crippen molar-refractivity contribution < 1.29 is 0 Å². The Morgan fingerprint density at radius 1 is 1.50 bits per heavy atom. The molecule has 1 N–H and O–H groups in total. The zero-order chi connectivity index (χ0) is 12.8. The van der Waals surface area contributed by atoms with E-state index in [0.29, 0.717) is 6.04 Å². The summed E-state index contributed by atoms with van der Waals surface area (Å²) in [5.41, 5.74) is 2.73. The average Bonchev–Trinajstić information content (AvgIpc) is 2.42. The van der Waals surface area contributed by atoms with E-state index in [0.717, 1.165) is 13.1 Å². The number of hydrogen-bond donors (Lipinski definition) is 1. The van der Waals surface area contributed by atoms with Gasteiger partial charge in [-0.2, -0.15) is 0 Å². The van der Waals surface area contributed by atoms with Gasteiger partial charge in [0.25, 0.3) is 0 Å². The Hall–Kier alpha value is -0.930. The third-order valence-electron chi connectivity index (χ3n) is 3.82. The Morgan fingerprint density at radius 2 is 2.39 bits per heavy atom. The number of aryl methyl sites for hydroxylation is 1. The van der Waals surface area contributed by atoms with Crippen molar-refractivity contribution in [1.29, 1.82) is 0 Å². The van der Waals surface area contributed by atoms with Crippen molar-refractivity contribution in [2.75, 3.05) is 19.6 Å². The molecule has 1 saturated heterocycles. The minimum Gasteiger partial charge on any atom is -0.315 e. The summed E-state index contributed by atoms with van der Waals surface area (Å²) in [7, 11) is 0. The summed E-state index contributed by atoms with van der Waals surface area (Å²) in [5, 5.41) is 3.52. The fourth-order valence-corrected chi connectivity index (χ4v) is 2.70. The number of nitrogens with one attached hydrogen (secondary N) is 1. The first-order chi connectivity index (χ1) is 8.81. The van der Waals surface area contributed by atoms with Crippen molar-refractivity contribution in [1.82, 2.24) is 15.2 Å². The molecule has 1 aromatic rings. The van der Waals surface area contributed by atoms with Gasteiger partial charge in [0.2, 0.25) is 0 Å². The number of piperidine rings is 1. The lowest BCUT2D eigenvalue weighted by molar-refractivity contribution is 0.157. The van der Waals surface area contributed by atoms with Crippen LogP contribution >= 0.6 is 0 Å². The molecule has 3 heteroatoms. The summed E-state index contributed by atoms with van der Waals surface area (Å²) < 4.78 is 0. The highest BCUT2D eigenvalue weighted by Gasteiger charge is 2.20. The van der Waals surface area contributed by atoms with Gasteiger partial charge >= 0.3 is 0 Å². The maximum Gasteiger partial charge on any atom is 0.0315 e. The van der Waals surface area contributed by atoms with Gasteiger partial charge in [0.15, 0.2) is 0 Å². The average molecular weight is 247 g/mol. The maximum atomic E-state index is 4.26. The Morgan fingerprint density at radius 3 is 3.06 bits per heavy atom. The smallest absolute Gasteiger partial charge is 0.0315 e. The number of nitrogens with zero attached hydrogens (tertiary/aromatic N) is 2. The second-order valence-electron chi connectivity index (χ2n) is 5.27. The summed E-state index contributed by atoms with van der Waals surface area (Å²) >= 11 is 0. The first kappa shape index (κ1) is 13.5. The van der Waals surface area contributed by atoms with Crippen molar-refractivity contribution >= 4 is 0 Å². The standard InChI is InChI=1S/C15H25N3/c1-3-9-18(15-5-4-7-16-11-15)12-14-10-17-8-6-13(14)2/h6,8,10,15-16H,3-5,7,9,11-12H2,1-2H3. The molecule has 1 aromatic heterocycles. The second kappa shape index (κ2) is 6.86. The first-order valence-corrected chi connectivity index (χ1v) is 7.15. The molecular weight excluding hydrogens is 222 g/mol. The number of pyridine rings is 1.